The second kappa shape index (κ2) is 8.01. The highest BCUT2D eigenvalue weighted by Gasteiger charge is 2.15. The quantitative estimate of drug-likeness (QED) is 0.825. The Morgan fingerprint density at radius 2 is 1.83 bits per heavy atom. The number of rotatable bonds is 6. The summed E-state index contributed by atoms with van der Waals surface area (Å²) in [5.41, 5.74) is 1.73. The Balaban J connectivity index is 1.96. The molecule has 0 heterocycles. The van der Waals surface area contributed by atoms with Crippen LogP contribution >= 0.6 is 0 Å². The smallest absolute Gasteiger partial charge is 0.342 e. The fourth-order valence-corrected chi connectivity index (χ4v) is 2.09. The molecular formula is C18H19NO5. The summed E-state index contributed by atoms with van der Waals surface area (Å²) in [6.45, 7) is 1.46. The van der Waals surface area contributed by atoms with Crippen LogP contribution in [-0.2, 0) is 9.53 Å². The van der Waals surface area contributed by atoms with Crippen molar-refractivity contribution in [1.29, 1.82) is 0 Å². The molecular weight excluding hydrogens is 310 g/mol. The largest absolute Gasteiger partial charge is 0.497 e. The molecule has 0 atom stereocenters. The van der Waals surface area contributed by atoms with E-state index in [1.165, 1.54) is 14.2 Å². The average Bonchev–Trinajstić information content (AvgIpc) is 2.59. The van der Waals surface area contributed by atoms with Crippen LogP contribution in [0.5, 0.6) is 11.5 Å². The summed E-state index contributed by atoms with van der Waals surface area (Å²) in [5.74, 6) is -0.0346. The molecule has 0 saturated heterocycles. The van der Waals surface area contributed by atoms with Gasteiger partial charge in [0.25, 0.3) is 5.91 Å². The Morgan fingerprint density at radius 3 is 2.54 bits per heavy atom. The zero-order valence-electron chi connectivity index (χ0n) is 13.8. The summed E-state index contributed by atoms with van der Waals surface area (Å²) in [6, 6.07) is 12.1. The van der Waals surface area contributed by atoms with Crippen molar-refractivity contribution in [2.24, 2.45) is 0 Å². The van der Waals surface area contributed by atoms with Crippen LogP contribution in [0.4, 0.5) is 5.69 Å². The van der Waals surface area contributed by atoms with Crippen molar-refractivity contribution in [1.82, 2.24) is 0 Å². The Morgan fingerprint density at radius 1 is 1.04 bits per heavy atom. The van der Waals surface area contributed by atoms with Crippen LogP contribution in [-0.4, -0.2) is 32.7 Å². The predicted octanol–water partition coefficient (Wildman–Crippen LogP) is 2.81. The Bertz CT molecular complexity index is 742. The summed E-state index contributed by atoms with van der Waals surface area (Å²) < 4.78 is 15.3. The van der Waals surface area contributed by atoms with Crippen LogP contribution in [0.25, 0.3) is 0 Å². The van der Waals surface area contributed by atoms with Gasteiger partial charge in [0.05, 0.1) is 14.2 Å². The van der Waals surface area contributed by atoms with E-state index in [2.05, 4.69) is 5.32 Å². The van der Waals surface area contributed by atoms with E-state index in [4.69, 9.17) is 14.2 Å². The van der Waals surface area contributed by atoms with Crippen molar-refractivity contribution in [3.8, 4) is 11.5 Å². The van der Waals surface area contributed by atoms with Crippen LogP contribution in [0.3, 0.4) is 0 Å². The molecule has 0 fully saturated rings. The predicted molar refractivity (Wildman–Crippen MR) is 89.6 cm³/mol. The minimum atomic E-state index is -0.614. The number of methoxy groups -OCH3 is 2. The van der Waals surface area contributed by atoms with Crippen LogP contribution in [0.15, 0.2) is 42.5 Å². The lowest BCUT2D eigenvalue weighted by molar-refractivity contribution is -0.119. The minimum absolute atomic E-state index is 0.284. The number of benzene rings is 2. The summed E-state index contributed by atoms with van der Waals surface area (Å²) in [7, 11) is 3.01. The van der Waals surface area contributed by atoms with Crippen LogP contribution in [0.1, 0.15) is 15.9 Å². The Kier molecular flexibility index (Phi) is 5.78. The number of ether oxygens (including phenoxy) is 3. The van der Waals surface area contributed by atoms with Gasteiger partial charge < -0.3 is 19.5 Å². The summed E-state index contributed by atoms with van der Waals surface area (Å²) in [6.07, 6.45) is 0. The van der Waals surface area contributed by atoms with E-state index in [1.54, 1.807) is 36.4 Å². The highest BCUT2D eigenvalue weighted by atomic mass is 16.5. The van der Waals surface area contributed by atoms with Gasteiger partial charge in [-0.25, -0.2) is 4.79 Å². The maximum atomic E-state index is 12.1. The molecule has 0 aliphatic heterocycles. The van der Waals surface area contributed by atoms with E-state index in [1.807, 2.05) is 13.0 Å². The van der Waals surface area contributed by atoms with Gasteiger partial charge in [-0.05, 0) is 31.2 Å². The lowest BCUT2D eigenvalue weighted by Gasteiger charge is -2.10. The van der Waals surface area contributed by atoms with Crippen molar-refractivity contribution in [3.63, 3.8) is 0 Å². The molecule has 1 N–H and O–H groups in total. The molecule has 2 rings (SSSR count). The molecule has 2 aromatic rings. The number of nitrogens with one attached hydrogen (secondary N) is 1. The summed E-state index contributed by atoms with van der Waals surface area (Å²) >= 11 is 0. The van der Waals surface area contributed by atoms with Gasteiger partial charge in [0, 0.05) is 11.8 Å². The maximum Gasteiger partial charge on any atom is 0.342 e. The average molecular weight is 329 g/mol. The first-order valence-corrected chi connectivity index (χ1v) is 7.29. The minimum Gasteiger partial charge on any atom is -0.497 e. The van der Waals surface area contributed by atoms with Gasteiger partial charge in [0.1, 0.15) is 17.1 Å². The molecule has 24 heavy (non-hydrogen) atoms. The standard InChI is InChI=1S/C18H19NO5/c1-12-7-8-16(23-3)15(9-12)18(21)24-11-17(20)19-13-5-4-6-14(10-13)22-2/h4-10H,11H2,1-3H3,(H,19,20). The number of carbonyl (C=O) groups excluding carboxylic acids is 2. The van der Waals surface area contributed by atoms with Crippen molar-refractivity contribution >= 4 is 17.6 Å². The normalized spacial score (nSPS) is 9.96. The van der Waals surface area contributed by atoms with Crippen molar-refractivity contribution in [3.05, 3.63) is 53.6 Å². The van der Waals surface area contributed by atoms with E-state index in [-0.39, 0.29) is 5.56 Å². The Hall–Kier alpha value is -3.02. The van der Waals surface area contributed by atoms with E-state index in [9.17, 15) is 9.59 Å². The first kappa shape index (κ1) is 17.3. The second-order valence-electron chi connectivity index (χ2n) is 5.06. The van der Waals surface area contributed by atoms with Crippen molar-refractivity contribution < 1.29 is 23.8 Å². The molecule has 0 spiro atoms. The number of anilines is 1. The number of aryl methyl sites for hydroxylation is 1. The third kappa shape index (κ3) is 4.49. The van der Waals surface area contributed by atoms with Gasteiger partial charge in [-0.3, -0.25) is 4.79 Å². The molecule has 6 nitrogen and oxygen atoms in total. The molecule has 0 aliphatic rings. The van der Waals surface area contributed by atoms with Crippen LogP contribution in [0.2, 0.25) is 0 Å². The molecule has 0 aliphatic carbocycles. The monoisotopic (exact) mass is 329 g/mol. The van der Waals surface area contributed by atoms with Gasteiger partial charge in [-0.2, -0.15) is 0 Å². The number of esters is 1. The summed E-state index contributed by atoms with van der Waals surface area (Å²) in [5, 5.41) is 2.64. The fraction of sp³-hybridized carbons (Fsp3) is 0.222. The van der Waals surface area contributed by atoms with E-state index < -0.39 is 18.5 Å². The lowest BCUT2D eigenvalue weighted by atomic mass is 10.1. The van der Waals surface area contributed by atoms with Crippen LogP contribution in [0, 0.1) is 6.92 Å². The zero-order chi connectivity index (χ0) is 17.5. The molecule has 0 bridgehead atoms. The van der Waals surface area contributed by atoms with Gasteiger partial charge in [-0.15, -0.1) is 0 Å². The third-order valence-electron chi connectivity index (χ3n) is 3.26. The number of hydrogen-bond acceptors (Lipinski definition) is 5. The third-order valence-corrected chi connectivity index (χ3v) is 3.26. The molecule has 6 heteroatoms. The molecule has 0 saturated carbocycles. The van der Waals surface area contributed by atoms with Gasteiger partial charge >= 0.3 is 5.97 Å². The lowest BCUT2D eigenvalue weighted by Crippen LogP contribution is -2.21. The molecule has 0 aromatic heterocycles. The summed E-state index contributed by atoms with van der Waals surface area (Å²) in [4.78, 5) is 24.0. The number of amides is 1. The fourth-order valence-electron chi connectivity index (χ4n) is 2.09. The Labute approximate surface area is 140 Å². The van der Waals surface area contributed by atoms with Gasteiger partial charge in [0.15, 0.2) is 6.61 Å². The first-order valence-electron chi connectivity index (χ1n) is 7.29. The second-order valence-corrected chi connectivity index (χ2v) is 5.06. The maximum absolute atomic E-state index is 12.1. The molecule has 1 amide bonds. The molecule has 126 valence electrons. The molecule has 0 unspecified atom stereocenters. The van der Waals surface area contributed by atoms with Crippen molar-refractivity contribution in [2.75, 3.05) is 26.1 Å². The van der Waals surface area contributed by atoms with E-state index >= 15 is 0 Å². The van der Waals surface area contributed by atoms with E-state index in [0.29, 0.717) is 17.2 Å². The first-order chi connectivity index (χ1) is 11.5. The molecule has 0 radical (unpaired) electrons. The van der Waals surface area contributed by atoms with E-state index in [0.717, 1.165) is 5.56 Å². The highest BCUT2D eigenvalue weighted by Crippen LogP contribution is 2.20. The molecule has 2 aromatic carbocycles. The van der Waals surface area contributed by atoms with Crippen LogP contribution < -0.4 is 14.8 Å². The van der Waals surface area contributed by atoms with Gasteiger partial charge in [0.2, 0.25) is 0 Å². The number of hydrogen-bond donors (Lipinski definition) is 1. The zero-order valence-corrected chi connectivity index (χ0v) is 13.8. The SMILES string of the molecule is COc1cccc(NC(=O)COC(=O)c2cc(C)ccc2OC)c1. The highest BCUT2D eigenvalue weighted by molar-refractivity contribution is 5.97. The topological polar surface area (TPSA) is 73.9 Å². The van der Waals surface area contributed by atoms with Gasteiger partial charge in [-0.1, -0.05) is 17.7 Å². The number of carbonyl (C=O) groups is 2. The van der Waals surface area contributed by atoms with Crippen molar-refractivity contribution in [2.45, 2.75) is 6.92 Å².